The van der Waals surface area contributed by atoms with Gasteiger partial charge in [-0.25, -0.2) is 0 Å². The third-order valence-electron chi connectivity index (χ3n) is 3.36. The second kappa shape index (κ2) is 6.76. The predicted molar refractivity (Wildman–Crippen MR) is 73.8 cm³/mol. The number of amides is 1. The minimum absolute atomic E-state index is 0.0571. The van der Waals surface area contributed by atoms with Crippen molar-refractivity contribution < 1.29 is 4.79 Å². The molecular formula is C14H19ClN2O. The summed E-state index contributed by atoms with van der Waals surface area (Å²) in [7, 11) is 0. The molecule has 2 N–H and O–H groups in total. The summed E-state index contributed by atoms with van der Waals surface area (Å²) in [6, 6.07) is 7.49. The van der Waals surface area contributed by atoms with Gasteiger partial charge < -0.3 is 10.6 Å². The molecule has 1 fully saturated rings. The van der Waals surface area contributed by atoms with E-state index in [4.69, 9.17) is 11.6 Å². The van der Waals surface area contributed by atoms with E-state index >= 15 is 0 Å². The molecule has 0 spiro atoms. The summed E-state index contributed by atoms with van der Waals surface area (Å²) in [5, 5.41) is 6.98. The van der Waals surface area contributed by atoms with E-state index < -0.39 is 0 Å². The Labute approximate surface area is 113 Å². The first-order valence-electron chi connectivity index (χ1n) is 6.46. The van der Waals surface area contributed by atoms with Crippen molar-refractivity contribution in [3.8, 4) is 0 Å². The maximum atomic E-state index is 11.8. The first-order valence-corrected chi connectivity index (χ1v) is 6.84. The Morgan fingerprint density at radius 3 is 2.78 bits per heavy atom. The Morgan fingerprint density at radius 2 is 2.06 bits per heavy atom. The normalized spacial score (nSPS) is 16.5. The maximum Gasteiger partial charge on any atom is 0.224 e. The second-order valence-corrected chi connectivity index (χ2v) is 5.17. The van der Waals surface area contributed by atoms with Crippen molar-refractivity contribution in [2.75, 3.05) is 19.6 Å². The van der Waals surface area contributed by atoms with Crippen LogP contribution in [0.1, 0.15) is 18.4 Å². The van der Waals surface area contributed by atoms with Crippen molar-refractivity contribution in [2.45, 2.75) is 19.3 Å². The van der Waals surface area contributed by atoms with Gasteiger partial charge in [-0.3, -0.25) is 4.79 Å². The molecule has 1 aliphatic heterocycles. The average molecular weight is 267 g/mol. The van der Waals surface area contributed by atoms with Gasteiger partial charge in [-0.05, 0) is 43.5 Å². The topological polar surface area (TPSA) is 41.1 Å². The number of piperidine rings is 1. The zero-order valence-corrected chi connectivity index (χ0v) is 11.2. The Bertz CT molecular complexity index is 403. The van der Waals surface area contributed by atoms with Gasteiger partial charge in [-0.2, -0.15) is 0 Å². The van der Waals surface area contributed by atoms with Gasteiger partial charge in [0.05, 0.1) is 6.42 Å². The molecule has 0 aliphatic carbocycles. The van der Waals surface area contributed by atoms with Gasteiger partial charge in [-0.15, -0.1) is 0 Å². The van der Waals surface area contributed by atoms with Crippen LogP contribution < -0.4 is 10.6 Å². The highest BCUT2D eigenvalue weighted by molar-refractivity contribution is 6.31. The molecule has 4 heteroatoms. The van der Waals surface area contributed by atoms with Gasteiger partial charge in [0.2, 0.25) is 5.91 Å². The summed E-state index contributed by atoms with van der Waals surface area (Å²) < 4.78 is 0. The Hall–Kier alpha value is -1.06. The lowest BCUT2D eigenvalue weighted by Gasteiger charge is -2.22. The summed E-state index contributed by atoms with van der Waals surface area (Å²) in [6.07, 6.45) is 2.66. The maximum absolute atomic E-state index is 11.8. The van der Waals surface area contributed by atoms with Gasteiger partial charge in [0.1, 0.15) is 0 Å². The number of rotatable bonds is 4. The van der Waals surface area contributed by atoms with Crippen LogP contribution in [0.25, 0.3) is 0 Å². The van der Waals surface area contributed by atoms with Crippen LogP contribution in [-0.4, -0.2) is 25.5 Å². The SMILES string of the molecule is O=C(Cc1ccccc1Cl)NCC1CCNCC1. The van der Waals surface area contributed by atoms with Gasteiger partial charge >= 0.3 is 0 Å². The summed E-state index contributed by atoms with van der Waals surface area (Å²) in [6.45, 7) is 2.90. The van der Waals surface area contributed by atoms with E-state index in [0.717, 1.165) is 38.0 Å². The molecular weight excluding hydrogens is 248 g/mol. The zero-order valence-electron chi connectivity index (χ0n) is 10.4. The van der Waals surface area contributed by atoms with Gasteiger partial charge in [-0.1, -0.05) is 29.8 Å². The second-order valence-electron chi connectivity index (χ2n) is 4.77. The van der Waals surface area contributed by atoms with E-state index in [1.54, 1.807) is 0 Å². The molecule has 1 aliphatic rings. The van der Waals surface area contributed by atoms with E-state index in [0.29, 0.717) is 17.4 Å². The molecule has 1 aromatic carbocycles. The van der Waals surface area contributed by atoms with Gasteiger partial charge in [0, 0.05) is 11.6 Å². The molecule has 3 nitrogen and oxygen atoms in total. The first kappa shape index (κ1) is 13.4. The quantitative estimate of drug-likeness (QED) is 0.875. The summed E-state index contributed by atoms with van der Waals surface area (Å²) in [4.78, 5) is 11.8. The van der Waals surface area contributed by atoms with Crippen LogP contribution in [0, 0.1) is 5.92 Å². The highest BCUT2D eigenvalue weighted by Gasteiger charge is 2.14. The summed E-state index contributed by atoms with van der Waals surface area (Å²) in [5.74, 6) is 0.670. The Kier molecular flexibility index (Phi) is 5.02. The van der Waals surface area contributed by atoms with Crippen molar-refractivity contribution in [3.63, 3.8) is 0 Å². The van der Waals surface area contributed by atoms with Gasteiger partial charge in [0.15, 0.2) is 0 Å². The standard InChI is InChI=1S/C14H19ClN2O/c15-13-4-2-1-3-12(13)9-14(18)17-10-11-5-7-16-8-6-11/h1-4,11,16H,5-10H2,(H,17,18). The van der Waals surface area contributed by atoms with Crippen LogP contribution in [-0.2, 0) is 11.2 Å². The van der Waals surface area contributed by atoms with Gasteiger partial charge in [0.25, 0.3) is 0 Å². The van der Waals surface area contributed by atoms with Crippen LogP contribution in [0.3, 0.4) is 0 Å². The molecule has 1 saturated heterocycles. The summed E-state index contributed by atoms with van der Waals surface area (Å²) in [5.41, 5.74) is 0.891. The van der Waals surface area contributed by atoms with E-state index in [9.17, 15) is 4.79 Å². The molecule has 1 heterocycles. The average Bonchev–Trinajstić information content (AvgIpc) is 2.40. The van der Waals surface area contributed by atoms with Crippen molar-refractivity contribution in [1.82, 2.24) is 10.6 Å². The molecule has 2 rings (SSSR count). The van der Waals surface area contributed by atoms with E-state index in [1.165, 1.54) is 0 Å². The fraction of sp³-hybridized carbons (Fsp3) is 0.500. The lowest BCUT2D eigenvalue weighted by Crippen LogP contribution is -2.36. The molecule has 1 amide bonds. The zero-order chi connectivity index (χ0) is 12.8. The number of carbonyl (C=O) groups is 1. The van der Waals surface area contributed by atoms with Crippen LogP contribution in [0.2, 0.25) is 5.02 Å². The van der Waals surface area contributed by atoms with Crippen molar-refractivity contribution in [1.29, 1.82) is 0 Å². The molecule has 1 aromatic rings. The third-order valence-corrected chi connectivity index (χ3v) is 3.72. The molecule has 0 aromatic heterocycles. The van der Waals surface area contributed by atoms with E-state index in [2.05, 4.69) is 10.6 Å². The lowest BCUT2D eigenvalue weighted by molar-refractivity contribution is -0.120. The molecule has 18 heavy (non-hydrogen) atoms. The molecule has 0 atom stereocenters. The lowest BCUT2D eigenvalue weighted by atomic mass is 9.98. The Morgan fingerprint density at radius 1 is 1.33 bits per heavy atom. The number of hydrogen-bond acceptors (Lipinski definition) is 2. The fourth-order valence-corrected chi connectivity index (χ4v) is 2.42. The molecule has 98 valence electrons. The molecule has 0 saturated carbocycles. The summed E-state index contributed by atoms with van der Waals surface area (Å²) >= 11 is 6.03. The number of nitrogens with one attached hydrogen (secondary N) is 2. The molecule has 0 radical (unpaired) electrons. The highest BCUT2D eigenvalue weighted by Crippen LogP contribution is 2.15. The monoisotopic (exact) mass is 266 g/mol. The number of benzene rings is 1. The largest absolute Gasteiger partial charge is 0.356 e. The van der Waals surface area contributed by atoms with Crippen LogP contribution in [0.15, 0.2) is 24.3 Å². The highest BCUT2D eigenvalue weighted by atomic mass is 35.5. The smallest absolute Gasteiger partial charge is 0.224 e. The molecule has 0 bridgehead atoms. The fourth-order valence-electron chi connectivity index (χ4n) is 2.22. The van der Waals surface area contributed by atoms with Crippen LogP contribution in [0.4, 0.5) is 0 Å². The minimum atomic E-state index is 0.0571. The third kappa shape index (κ3) is 4.00. The number of hydrogen-bond donors (Lipinski definition) is 2. The van der Waals surface area contributed by atoms with Crippen LogP contribution >= 0.6 is 11.6 Å². The van der Waals surface area contributed by atoms with Crippen LogP contribution in [0.5, 0.6) is 0 Å². The Balaban J connectivity index is 1.76. The van der Waals surface area contributed by atoms with Crippen molar-refractivity contribution >= 4 is 17.5 Å². The number of halogens is 1. The molecule has 0 unspecified atom stereocenters. The predicted octanol–water partition coefficient (Wildman–Crippen LogP) is 2.00. The van der Waals surface area contributed by atoms with Crippen molar-refractivity contribution in [3.05, 3.63) is 34.9 Å². The number of carbonyl (C=O) groups excluding carboxylic acids is 1. The van der Waals surface area contributed by atoms with E-state index in [-0.39, 0.29) is 5.91 Å². The first-order chi connectivity index (χ1) is 8.75. The van der Waals surface area contributed by atoms with Crippen molar-refractivity contribution in [2.24, 2.45) is 5.92 Å². The van der Waals surface area contributed by atoms with E-state index in [1.807, 2.05) is 24.3 Å². The minimum Gasteiger partial charge on any atom is -0.356 e.